The van der Waals surface area contributed by atoms with Gasteiger partial charge in [0.05, 0.1) is 0 Å². The van der Waals surface area contributed by atoms with Crippen LogP contribution in [0.3, 0.4) is 0 Å². The number of rotatable bonds is 3. The molecule has 0 unspecified atom stereocenters. The van der Waals surface area contributed by atoms with Crippen molar-refractivity contribution in [1.29, 1.82) is 5.26 Å². The fraction of sp³-hybridized carbons (Fsp3) is 0.118. The van der Waals surface area contributed by atoms with Crippen LogP contribution in [-0.4, -0.2) is 20.0 Å². The molecule has 6 nitrogen and oxygen atoms in total. The van der Waals surface area contributed by atoms with Gasteiger partial charge < -0.3 is 9.67 Å². The molecule has 0 bridgehead atoms. The van der Waals surface area contributed by atoms with Crippen molar-refractivity contribution < 1.29 is 9.90 Å². The summed E-state index contributed by atoms with van der Waals surface area (Å²) in [5.74, 6) is -1.28. The van der Waals surface area contributed by atoms with E-state index in [1.807, 2.05) is 37.3 Å². The molecule has 1 aromatic carbocycles. The number of benzene rings is 1. The summed E-state index contributed by atoms with van der Waals surface area (Å²) in [6.45, 7) is 2.27. The second-order valence-corrected chi connectivity index (χ2v) is 5.03. The summed E-state index contributed by atoms with van der Waals surface area (Å²) in [6, 6.07) is 11.4. The van der Waals surface area contributed by atoms with Gasteiger partial charge >= 0.3 is 5.97 Å². The quantitative estimate of drug-likeness (QED) is 0.804. The molecular formula is C17H13N3O3. The molecule has 2 aromatic heterocycles. The smallest absolute Gasteiger partial charge is 0.342 e. The van der Waals surface area contributed by atoms with Crippen LogP contribution in [0.25, 0.3) is 16.8 Å². The van der Waals surface area contributed by atoms with Crippen LogP contribution in [0.1, 0.15) is 22.8 Å². The van der Waals surface area contributed by atoms with Crippen LogP contribution in [0.2, 0.25) is 0 Å². The van der Waals surface area contributed by atoms with Crippen LogP contribution in [0, 0.1) is 11.3 Å². The van der Waals surface area contributed by atoms with Gasteiger partial charge in [-0.15, -0.1) is 0 Å². The Kier molecular flexibility index (Phi) is 3.47. The van der Waals surface area contributed by atoms with Gasteiger partial charge in [0.15, 0.2) is 0 Å². The highest BCUT2D eigenvalue weighted by atomic mass is 16.4. The van der Waals surface area contributed by atoms with Crippen molar-refractivity contribution in [1.82, 2.24) is 8.97 Å². The van der Waals surface area contributed by atoms with E-state index in [-0.39, 0.29) is 5.56 Å². The maximum atomic E-state index is 12.4. The first-order valence-electron chi connectivity index (χ1n) is 7.05. The number of fused-ring (bicyclic) bond motifs is 1. The molecule has 0 saturated carbocycles. The van der Waals surface area contributed by atoms with Gasteiger partial charge in [-0.3, -0.25) is 9.20 Å². The standard InChI is InChI=1S/C17H13N3O3/c1-2-19-9-14(17(22)23)16(21)20-10-13(12(8-18)15(19)20)11-6-4-3-5-7-11/h3-7,9-10H,2H2,1H3,(H,22,23). The number of carbonyl (C=O) groups is 1. The normalized spacial score (nSPS) is 10.6. The molecule has 0 amide bonds. The molecule has 0 aliphatic heterocycles. The molecule has 0 aliphatic rings. The Balaban J connectivity index is 2.48. The van der Waals surface area contributed by atoms with Gasteiger partial charge in [0.25, 0.3) is 5.56 Å². The molecule has 23 heavy (non-hydrogen) atoms. The molecule has 114 valence electrons. The lowest BCUT2D eigenvalue weighted by atomic mass is 10.1. The molecule has 0 atom stereocenters. The fourth-order valence-corrected chi connectivity index (χ4v) is 2.67. The maximum Gasteiger partial charge on any atom is 0.342 e. The second-order valence-electron chi connectivity index (χ2n) is 5.03. The van der Waals surface area contributed by atoms with Gasteiger partial charge in [0.2, 0.25) is 0 Å². The number of hydrogen-bond acceptors (Lipinski definition) is 3. The zero-order valence-corrected chi connectivity index (χ0v) is 12.4. The number of nitrogens with zero attached hydrogens (tertiary/aromatic N) is 3. The summed E-state index contributed by atoms with van der Waals surface area (Å²) in [5, 5.41) is 18.8. The van der Waals surface area contributed by atoms with E-state index in [1.165, 1.54) is 16.8 Å². The van der Waals surface area contributed by atoms with E-state index in [4.69, 9.17) is 0 Å². The Morgan fingerprint density at radius 2 is 1.96 bits per heavy atom. The Labute approximate surface area is 131 Å². The van der Waals surface area contributed by atoms with Crippen molar-refractivity contribution >= 4 is 11.6 Å². The SMILES string of the molecule is CCn1cc(C(=O)O)c(=O)n2cc(-c3ccccc3)c(C#N)c12. The molecule has 1 N–H and O–H groups in total. The zero-order valence-electron chi connectivity index (χ0n) is 12.4. The van der Waals surface area contributed by atoms with Crippen LogP contribution < -0.4 is 5.56 Å². The van der Waals surface area contributed by atoms with Crippen molar-refractivity contribution in [2.45, 2.75) is 13.5 Å². The molecular weight excluding hydrogens is 294 g/mol. The van der Waals surface area contributed by atoms with Gasteiger partial charge in [-0.2, -0.15) is 5.26 Å². The van der Waals surface area contributed by atoms with Crippen LogP contribution in [0.5, 0.6) is 0 Å². The summed E-state index contributed by atoms with van der Waals surface area (Å²) < 4.78 is 2.85. The summed E-state index contributed by atoms with van der Waals surface area (Å²) in [6.07, 6.45) is 2.82. The van der Waals surface area contributed by atoms with Gasteiger partial charge in [-0.1, -0.05) is 30.3 Å². The number of aryl methyl sites for hydroxylation is 1. The van der Waals surface area contributed by atoms with Crippen molar-refractivity contribution in [2.24, 2.45) is 0 Å². The van der Waals surface area contributed by atoms with Crippen LogP contribution in [0.4, 0.5) is 0 Å². The highest BCUT2D eigenvalue weighted by molar-refractivity contribution is 5.88. The van der Waals surface area contributed by atoms with Crippen molar-refractivity contribution in [3.63, 3.8) is 0 Å². The second kappa shape index (κ2) is 5.46. The minimum absolute atomic E-state index is 0.321. The summed E-state index contributed by atoms with van der Waals surface area (Å²) in [7, 11) is 0. The molecule has 0 fully saturated rings. The minimum Gasteiger partial charge on any atom is -0.477 e. The largest absolute Gasteiger partial charge is 0.477 e. The Morgan fingerprint density at radius 1 is 1.26 bits per heavy atom. The maximum absolute atomic E-state index is 12.4. The number of carboxylic acid groups (broad SMARTS) is 1. The first-order chi connectivity index (χ1) is 11.1. The van der Waals surface area contributed by atoms with Crippen LogP contribution >= 0.6 is 0 Å². The van der Waals surface area contributed by atoms with E-state index in [0.717, 1.165) is 5.56 Å². The van der Waals surface area contributed by atoms with Gasteiger partial charge in [0.1, 0.15) is 22.8 Å². The average molecular weight is 307 g/mol. The lowest BCUT2D eigenvalue weighted by Gasteiger charge is -2.08. The highest BCUT2D eigenvalue weighted by Gasteiger charge is 2.20. The number of hydrogen-bond donors (Lipinski definition) is 1. The molecule has 0 aliphatic carbocycles. The van der Waals surface area contributed by atoms with E-state index in [0.29, 0.717) is 23.3 Å². The predicted octanol–water partition coefficient (Wildman–Crippen LogP) is 2.36. The number of aromatic carboxylic acids is 1. The van der Waals surface area contributed by atoms with E-state index < -0.39 is 11.5 Å². The molecule has 0 spiro atoms. The molecule has 0 saturated heterocycles. The molecule has 0 radical (unpaired) electrons. The van der Waals surface area contributed by atoms with E-state index in [2.05, 4.69) is 6.07 Å². The number of carboxylic acids is 1. The highest BCUT2D eigenvalue weighted by Crippen LogP contribution is 2.27. The Hall–Kier alpha value is -3.33. The van der Waals surface area contributed by atoms with Crippen molar-refractivity contribution in [3.8, 4) is 17.2 Å². The summed E-state index contributed by atoms with van der Waals surface area (Å²) in [5.41, 5.74) is 1.20. The lowest BCUT2D eigenvalue weighted by molar-refractivity contribution is 0.0693. The van der Waals surface area contributed by atoms with Gasteiger partial charge in [-0.05, 0) is 12.5 Å². The molecule has 3 aromatic rings. The molecule has 6 heteroatoms. The number of nitriles is 1. The average Bonchev–Trinajstić information content (AvgIpc) is 2.96. The third-order valence-corrected chi connectivity index (χ3v) is 3.75. The molecule has 3 rings (SSSR count). The first kappa shape index (κ1) is 14.6. The third kappa shape index (κ3) is 2.19. The van der Waals surface area contributed by atoms with E-state index >= 15 is 0 Å². The van der Waals surface area contributed by atoms with Crippen LogP contribution in [-0.2, 0) is 6.54 Å². The Morgan fingerprint density at radius 3 is 2.52 bits per heavy atom. The minimum atomic E-state index is -1.28. The van der Waals surface area contributed by atoms with Gasteiger partial charge in [-0.25, -0.2) is 4.79 Å². The van der Waals surface area contributed by atoms with Crippen molar-refractivity contribution in [3.05, 3.63) is 64.2 Å². The van der Waals surface area contributed by atoms with Crippen molar-refractivity contribution in [2.75, 3.05) is 0 Å². The van der Waals surface area contributed by atoms with Crippen LogP contribution in [0.15, 0.2) is 47.5 Å². The predicted molar refractivity (Wildman–Crippen MR) is 84.4 cm³/mol. The molecule has 2 heterocycles. The fourth-order valence-electron chi connectivity index (χ4n) is 2.67. The zero-order chi connectivity index (χ0) is 16.6. The monoisotopic (exact) mass is 307 g/mol. The summed E-state index contributed by atoms with van der Waals surface area (Å²) >= 11 is 0. The topological polar surface area (TPSA) is 87.5 Å². The van der Waals surface area contributed by atoms with E-state index in [1.54, 1.807) is 4.57 Å². The Bertz CT molecular complexity index is 1010. The van der Waals surface area contributed by atoms with Gasteiger partial charge in [0, 0.05) is 24.5 Å². The summed E-state index contributed by atoms with van der Waals surface area (Å²) in [4.78, 5) is 23.7. The van der Waals surface area contributed by atoms with E-state index in [9.17, 15) is 20.0 Å². The number of aromatic nitrogens is 2. The third-order valence-electron chi connectivity index (χ3n) is 3.75. The lowest BCUT2D eigenvalue weighted by Crippen LogP contribution is -2.24. The first-order valence-corrected chi connectivity index (χ1v) is 7.05.